The second kappa shape index (κ2) is 8.27. The number of H-pyrrole nitrogens is 1. The molecule has 3 N–H and O–H groups in total. The maximum absolute atomic E-state index is 12.5. The topological polar surface area (TPSA) is 121 Å². The first-order chi connectivity index (χ1) is 14.5. The average Bonchev–Trinajstić information content (AvgIpc) is 3.34. The number of aromatic amines is 1. The number of benzene rings is 1. The number of carbonyl (C=O) groups excluding carboxylic acids is 2. The molecule has 0 spiro atoms. The van der Waals surface area contributed by atoms with Gasteiger partial charge in [-0.3, -0.25) is 15.3 Å². The predicted octanol–water partition coefficient (Wildman–Crippen LogP) is 2.80. The van der Waals surface area contributed by atoms with Crippen LogP contribution in [0.3, 0.4) is 0 Å². The molecule has 1 unspecified atom stereocenters. The number of carbonyl (C=O) groups is 2. The van der Waals surface area contributed by atoms with Crippen LogP contribution in [0.15, 0.2) is 36.4 Å². The van der Waals surface area contributed by atoms with Gasteiger partial charge in [0.2, 0.25) is 5.88 Å². The van der Waals surface area contributed by atoms with Crippen LogP contribution < -0.4 is 15.4 Å². The highest BCUT2D eigenvalue weighted by Crippen LogP contribution is 2.29. The number of aromatic nitrogens is 3. The largest absolute Gasteiger partial charge is 0.479 e. The van der Waals surface area contributed by atoms with E-state index in [0.29, 0.717) is 41.4 Å². The molecule has 1 aliphatic heterocycles. The highest BCUT2D eigenvalue weighted by molar-refractivity contribution is 5.93. The van der Waals surface area contributed by atoms with Crippen molar-refractivity contribution in [3.05, 3.63) is 47.7 Å². The molecule has 30 heavy (non-hydrogen) atoms. The Hall–Kier alpha value is -3.82. The van der Waals surface area contributed by atoms with Gasteiger partial charge >= 0.3 is 12.1 Å². The van der Waals surface area contributed by atoms with E-state index in [1.165, 1.54) is 12.0 Å². The van der Waals surface area contributed by atoms with Gasteiger partial charge in [0.15, 0.2) is 0 Å². The summed E-state index contributed by atoms with van der Waals surface area (Å²) in [6.07, 6.45) is -0.403. The zero-order chi connectivity index (χ0) is 21.1. The van der Waals surface area contributed by atoms with E-state index in [2.05, 4.69) is 25.8 Å². The number of ether oxygens (including phenoxy) is 2. The second-order valence-electron chi connectivity index (χ2n) is 6.88. The van der Waals surface area contributed by atoms with Gasteiger partial charge in [0.05, 0.1) is 42.8 Å². The Bertz CT molecular complexity index is 1070. The van der Waals surface area contributed by atoms with E-state index in [9.17, 15) is 9.59 Å². The predicted molar refractivity (Wildman–Crippen MR) is 109 cm³/mol. The number of hydrogen-bond acceptors (Lipinski definition) is 6. The summed E-state index contributed by atoms with van der Waals surface area (Å²) in [7, 11) is 1.51. The molecule has 3 heterocycles. The first-order valence-corrected chi connectivity index (χ1v) is 9.51. The van der Waals surface area contributed by atoms with E-state index in [1.807, 2.05) is 37.3 Å². The van der Waals surface area contributed by atoms with Crippen molar-refractivity contribution >= 4 is 28.8 Å². The minimum absolute atomic E-state index is 0.180. The number of hydrogen-bond donors (Lipinski definition) is 3. The summed E-state index contributed by atoms with van der Waals surface area (Å²) in [6.45, 7) is 2.91. The van der Waals surface area contributed by atoms with E-state index in [0.717, 1.165) is 5.56 Å². The lowest BCUT2D eigenvalue weighted by molar-refractivity contribution is 0.157. The van der Waals surface area contributed by atoms with Crippen molar-refractivity contribution in [2.75, 3.05) is 25.6 Å². The van der Waals surface area contributed by atoms with Crippen LogP contribution in [-0.2, 0) is 11.3 Å². The number of nitrogens with zero attached hydrogens (tertiary/aromatic N) is 3. The first kappa shape index (κ1) is 19.5. The van der Waals surface area contributed by atoms with E-state index in [-0.39, 0.29) is 12.6 Å². The SMILES string of the molecule is COc1n[nH]c2cc(NC(=O)NC(C)c3ccccc3)nc(CN3CCOC3=O)c12. The Balaban J connectivity index is 1.56. The normalized spacial score (nSPS) is 14.5. The molecule has 0 bridgehead atoms. The number of anilines is 1. The lowest BCUT2D eigenvalue weighted by atomic mass is 10.1. The number of urea groups is 1. The summed E-state index contributed by atoms with van der Waals surface area (Å²) in [5.74, 6) is 0.697. The van der Waals surface area contributed by atoms with Crippen molar-refractivity contribution in [3.8, 4) is 5.88 Å². The maximum atomic E-state index is 12.5. The quantitative estimate of drug-likeness (QED) is 0.574. The maximum Gasteiger partial charge on any atom is 0.410 e. The third-order valence-corrected chi connectivity index (χ3v) is 4.85. The molecule has 10 nitrogen and oxygen atoms in total. The van der Waals surface area contributed by atoms with Crippen LogP contribution in [0.25, 0.3) is 10.9 Å². The molecule has 3 aromatic rings. The summed E-state index contributed by atoms with van der Waals surface area (Å²) in [5, 5.41) is 13.3. The van der Waals surface area contributed by atoms with Crippen LogP contribution >= 0.6 is 0 Å². The van der Waals surface area contributed by atoms with Crippen molar-refractivity contribution < 1.29 is 19.1 Å². The molecule has 4 rings (SSSR count). The Kier molecular flexibility index (Phi) is 5.38. The molecule has 0 radical (unpaired) electrons. The fourth-order valence-electron chi connectivity index (χ4n) is 3.34. The van der Waals surface area contributed by atoms with Crippen LogP contribution in [-0.4, -0.2) is 52.5 Å². The molecule has 2 aromatic heterocycles. The van der Waals surface area contributed by atoms with Crippen LogP contribution in [0.1, 0.15) is 24.2 Å². The highest BCUT2D eigenvalue weighted by atomic mass is 16.6. The second-order valence-corrected chi connectivity index (χ2v) is 6.88. The van der Waals surface area contributed by atoms with Crippen LogP contribution in [0.5, 0.6) is 5.88 Å². The molecule has 1 aromatic carbocycles. The number of nitrogens with one attached hydrogen (secondary N) is 3. The fourth-order valence-corrected chi connectivity index (χ4v) is 3.34. The Labute approximate surface area is 172 Å². The minimum Gasteiger partial charge on any atom is -0.479 e. The van der Waals surface area contributed by atoms with Gasteiger partial charge in [0.1, 0.15) is 12.4 Å². The minimum atomic E-state index is -0.403. The summed E-state index contributed by atoms with van der Waals surface area (Å²) < 4.78 is 10.3. The van der Waals surface area contributed by atoms with Crippen molar-refractivity contribution in [1.82, 2.24) is 25.4 Å². The van der Waals surface area contributed by atoms with Crippen LogP contribution in [0, 0.1) is 0 Å². The molecule has 1 fully saturated rings. The van der Waals surface area contributed by atoms with E-state index in [1.54, 1.807) is 6.07 Å². The van der Waals surface area contributed by atoms with Gasteiger partial charge < -0.3 is 14.8 Å². The zero-order valence-electron chi connectivity index (χ0n) is 16.6. The molecule has 10 heteroatoms. The number of methoxy groups -OCH3 is 1. The zero-order valence-corrected chi connectivity index (χ0v) is 16.6. The van der Waals surface area contributed by atoms with Gasteiger partial charge in [-0.05, 0) is 12.5 Å². The third kappa shape index (κ3) is 3.97. The van der Waals surface area contributed by atoms with Crippen molar-refractivity contribution in [2.45, 2.75) is 19.5 Å². The number of rotatable bonds is 6. The number of amides is 3. The number of fused-ring (bicyclic) bond motifs is 1. The number of pyridine rings is 1. The van der Waals surface area contributed by atoms with Crippen LogP contribution in [0.4, 0.5) is 15.4 Å². The van der Waals surface area contributed by atoms with Gasteiger partial charge in [0, 0.05) is 6.07 Å². The Morgan fingerprint density at radius 2 is 2.17 bits per heavy atom. The van der Waals surface area contributed by atoms with Gasteiger partial charge in [-0.2, -0.15) is 0 Å². The average molecular weight is 410 g/mol. The third-order valence-electron chi connectivity index (χ3n) is 4.85. The molecule has 1 atom stereocenters. The summed E-state index contributed by atoms with van der Waals surface area (Å²) in [5.41, 5.74) is 2.17. The van der Waals surface area contributed by atoms with Gasteiger partial charge in [0.25, 0.3) is 0 Å². The fraction of sp³-hybridized carbons (Fsp3) is 0.300. The van der Waals surface area contributed by atoms with E-state index < -0.39 is 12.1 Å². The van der Waals surface area contributed by atoms with Gasteiger partial charge in [-0.15, -0.1) is 5.10 Å². The standard InChI is InChI=1S/C20H22N6O4/c1-12(13-6-4-3-5-7-13)21-19(27)23-16-10-14-17(18(29-2)25-24-14)15(22-16)11-26-8-9-30-20(26)28/h3-7,10,12H,8-9,11H2,1-2H3,(H,24,25)(H2,21,22,23,27). The monoisotopic (exact) mass is 410 g/mol. The lowest BCUT2D eigenvalue weighted by Crippen LogP contribution is -2.31. The highest BCUT2D eigenvalue weighted by Gasteiger charge is 2.25. The van der Waals surface area contributed by atoms with Crippen molar-refractivity contribution in [1.29, 1.82) is 0 Å². The first-order valence-electron chi connectivity index (χ1n) is 9.51. The van der Waals surface area contributed by atoms with E-state index >= 15 is 0 Å². The summed E-state index contributed by atoms with van der Waals surface area (Å²) >= 11 is 0. The summed E-state index contributed by atoms with van der Waals surface area (Å²) in [6, 6.07) is 10.7. The lowest BCUT2D eigenvalue weighted by Gasteiger charge is -2.16. The Morgan fingerprint density at radius 1 is 1.37 bits per heavy atom. The summed E-state index contributed by atoms with van der Waals surface area (Å²) in [4.78, 5) is 30.4. The molecule has 3 amide bonds. The van der Waals surface area contributed by atoms with Crippen LogP contribution in [0.2, 0.25) is 0 Å². The molecular formula is C20H22N6O4. The molecule has 156 valence electrons. The smallest absolute Gasteiger partial charge is 0.410 e. The molecule has 1 saturated heterocycles. The molecule has 0 aliphatic carbocycles. The van der Waals surface area contributed by atoms with E-state index in [4.69, 9.17) is 9.47 Å². The van der Waals surface area contributed by atoms with Gasteiger partial charge in [-0.1, -0.05) is 30.3 Å². The van der Waals surface area contributed by atoms with Crippen molar-refractivity contribution in [2.24, 2.45) is 0 Å². The Morgan fingerprint density at radius 3 is 2.87 bits per heavy atom. The molecule has 0 saturated carbocycles. The molecular weight excluding hydrogens is 388 g/mol. The molecule has 1 aliphatic rings. The van der Waals surface area contributed by atoms with Gasteiger partial charge in [-0.25, -0.2) is 14.6 Å². The van der Waals surface area contributed by atoms with Crippen molar-refractivity contribution in [3.63, 3.8) is 0 Å². The number of cyclic esters (lactones) is 1.